The Kier molecular flexibility index (Phi) is 5.69. The first-order valence-electron chi connectivity index (χ1n) is 6.57. The maximum absolute atomic E-state index is 13.8. The molecular formula is C15H20FNO4. The molecule has 0 spiro atoms. The monoisotopic (exact) mass is 297 g/mol. The highest BCUT2D eigenvalue weighted by Crippen LogP contribution is 2.22. The smallest absolute Gasteiger partial charge is 0.412 e. The third-order valence-electron chi connectivity index (χ3n) is 2.56. The van der Waals surface area contributed by atoms with E-state index in [9.17, 15) is 14.0 Å². The number of halogens is 1. The van der Waals surface area contributed by atoms with Crippen molar-refractivity contribution in [3.63, 3.8) is 0 Å². The summed E-state index contributed by atoms with van der Waals surface area (Å²) in [6.45, 7) is 5.20. The van der Waals surface area contributed by atoms with E-state index in [4.69, 9.17) is 4.74 Å². The first kappa shape index (κ1) is 16.9. The molecule has 21 heavy (non-hydrogen) atoms. The van der Waals surface area contributed by atoms with Crippen LogP contribution in [0, 0.1) is 5.82 Å². The summed E-state index contributed by atoms with van der Waals surface area (Å²) in [7, 11) is 1.27. The van der Waals surface area contributed by atoms with Crippen LogP contribution in [0.4, 0.5) is 14.9 Å². The Morgan fingerprint density at radius 1 is 1.29 bits per heavy atom. The Hall–Kier alpha value is -2.11. The van der Waals surface area contributed by atoms with Crippen LogP contribution in [0.1, 0.15) is 32.8 Å². The number of anilines is 1. The van der Waals surface area contributed by atoms with Crippen LogP contribution in [0.15, 0.2) is 18.2 Å². The van der Waals surface area contributed by atoms with E-state index in [0.29, 0.717) is 0 Å². The number of hydrogen-bond acceptors (Lipinski definition) is 4. The van der Waals surface area contributed by atoms with E-state index in [1.54, 1.807) is 26.8 Å². The predicted molar refractivity (Wildman–Crippen MR) is 76.6 cm³/mol. The Morgan fingerprint density at radius 2 is 1.95 bits per heavy atom. The number of rotatable bonds is 4. The zero-order valence-electron chi connectivity index (χ0n) is 12.7. The molecule has 1 aromatic rings. The van der Waals surface area contributed by atoms with Gasteiger partial charge in [0.2, 0.25) is 0 Å². The summed E-state index contributed by atoms with van der Waals surface area (Å²) in [4.78, 5) is 22.9. The average Bonchev–Trinajstić information content (AvgIpc) is 2.35. The van der Waals surface area contributed by atoms with Crippen molar-refractivity contribution in [2.45, 2.75) is 39.2 Å². The van der Waals surface area contributed by atoms with Crippen molar-refractivity contribution in [1.82, 2.24) is 0 Å². The topological polar surface area (TPSA) is 64.6 Å². The van der Waals surface area contributed by atoms with Crippen LogP contribution in [0.5, 0.6) is 0 Å². The van der Waals surface area contributed by atoms with Gasteiger partial charge < -0.3 is 9.47 Å². The lowest BCUT2D eigenvalue weighted by Crippen LogP contribution is -2.27. The highest BCUT2D eigenvalue weighted by molar-refractivity contribution is 5.86. The molecule has 5 nitrogen and oxygen atoms in total. The van der Waals surface area contributed by atoms with Gasteiger partial charge >= 0.3 is 12.1 Å². The average molecular weight is 297 g/mol. The van der Waals surface area contributed by atoms with Gasteiger partial charge in [0.25, 0.3) is 0 Å². The summed E-state index contributed by atoms with van der Waals surface area (Å²) in [6, 6.07) is 4.30. The van der Waals surface area contributed by atoms with E-state index in [1.165, 1.54) is 19.2 Å². The van der Waals surface area contributed by atoms with Crippen LogP contribution in [-0.2, 0) is 20.7 Å². The third-order valence-corrected chi connectivity index (χ3v) is 2.56. The van der Waals surface area contributed by atoms with Crippen LogP contribution >= 0.6 is 0 Å². The number of benzene rings is 1. The molecule has 0 atom stereocenters. The highest BCUT2D eigenvalue weighted by Gasteiger charge is 2.18. The molecule has 0 radical (unpaired) electrons. The van der Waals surface area contributed by atoms with Gasteiger partial charge in [0, 0.05) is 12.0 Å². The number of carbonyl (C=O) groups excluding carboxylic acids is 2. The molecule has 0 saturated carbocycles. The minimum atomic E-state index is -0.674. The van der Waals surface area contributed by atoms with Gasteiger partial charge in [-0.05, 0) is 39.3 Å². The van der Waals surface area contributed by atoms with Crippen LogP contribution in [0.25, 0.3) is 0 Å². The normalized spacial score (nSPS) is 10.9. The van der Waals surface area contributed by atoms with E-state index < -0.39 is 23.5 Å². The molecule has 116 valence electrons. The summed E-state index contributed by atoms with van der Waals surface area (Å²) < 4.78 is 23.5. The molecule has 0 unspecified atom stereocenters. The second-order valence-electron chi connectivity index (χ2n) is 5.47. The van der Waals surface area contributed by atoms with Gasteiger partial charge in [-0.1, -0.05) is 6.07 Å². The molecule has 1 rings (SSSR count). The lowest BCUT2D eigenvalue weighted by Gasteiger charge is -2.20. The van der Waals surface area contributed by atoms with Gasteiger partial charge in [0.05, 0.1) is 12.8 Å². The molecule has 6 heteroatoms. The number of hydrogen-bond donors (Lipinski definition) is 1. The van der Waals surface area contributed by atoms with Gasteiger partial charge in [0.1, 0.15) is 11.4 Å². The standard InChI is InChI=1S/C15H20FNO4/c1-15(2,3)21-14(19)17-12-7-5-6-11(16)10(12)8-9-13(18)20-4/h5-7H,8-9H2,1-4H3,(H,17,19). The lowest BCUT2D eigenvalue weighted by atomic mass is 10.1. The van der Waals surface area contributed by atoms with Gasteiger partial charge in [0.15, 0.2) is 0 Å². The first-order valence-corrected chi connectivity index (χ1v) is 6.57. The van der Waals surface area contributed by atoms with E-state index in [0.717, 1.165) is 0 Å². The van der Waals surface area contributed by atoms with E-state index in [2.05, 4.69) is 10.1 Å². The molecule has 0 bridgehead atoms. The SMILES string of the molecule is COC(=O)CCc1c(F)cccc1NC(=O)OC(C)(C)C. The molecule has 0 saturated heterocycles. The quantitative estimate of drug-likeness (QED) is 0.866. The van der Waals surface area contributed by atoms with E-state index in [-0.39, 0.29) is 24.1 Å². The fourth-order valence-corrected chi connectivity index (χ4v) is 1.67. The van der Waals surface area contributed by atoms with Crippen molar-refractivity contribution in [3.05, 3.63) is 29.6 Å². The summed E-state index contributed by atoms with van der Waals surface area (Å²) >= 11 is 0. The maximum atomic E-state index is 13.8. The van der Waals surface area contributed by atoms with Crippen molar-refractivity contribution in [3.8, 4) is 0 Å². The Morgan fingerprint density at radius 3 is 2.52 bits per heavy atom. The Labute approximate surface area is 123 Å². The van der Waals surface area contributed by atoms with Crippen LogP contribution in [0.3, 0.4) is 0 Å². The number of ether oxygens (including phenoxy) is 2. The molecule has 0 heterocycles. The number of amides is 1. The molecule has 0 aromatic heterocycles. The van der Waals surface area contributed by atoms with Crippen LogP contribution in [-0.4, -0.2) is 24.8 Å². The predicted octanol–water partition coefficient (Wildman–Crippen LogP) is 3.28. The summed E-state index contributed by atoms with van der Waals surface area (Å²) in [5.74, 6) is -0.936. The molecule has 0 aliphatic rings. The minimum absolute atomic E-state index is 0.0282. The molecule has 1 amide bonds. The van der Waals surface area contributed by atoms with Crippen molar-refractivity contribution in [2.24, 2.45) is 0 Å². The Bertz CT molecular complexity index is 523. The first-order chi connectivity index (χ1) is 9.73. The van der Waals surface area contributed by atoms with E-state index in [1.807, 2.05) is 0 Å². The zero-order chi connectivity index (χ0) is 16.0. The molecule has 1 aromatic carbocycles. The number of methoxy groups -OCH3 is 1. The zero-order valence-corrected chi connectivity index (χ0v) is 12.7. The molecule has 0 fully saturated rings. The Balaban J connectivity index is 2.84. The van der Waals surface area contributed by atoms with Gasteiger partial charge in [-0.25, -0.2) is 9.18 Å². The number of carbonyl (C=O) groups is 2. The van der Waals surface area contributed by atoms with E-state index >= 15 is 0 Å². The van der Waals surface area contributed by atoms with Crippen molar-refractivity contribution < 1.29 is 23.5 Å². The molecule has 1 N–H and O–H groups in total. The summed E-state index contributed by atoms with van der Waals surface area (Å²) in [6.07, 6.45) is -0.516. The number of esters is 1. The van der Waals surface area contributed by atoms with Gasteiger partial charge in [-0.3, -0.25) is 10.1 Å². The fourth-order valence-electron chi connectivity index (χ4n) is 1.67. The minimum Gasteiger partial charge on any atom is -0.469 e. The second kappa shape index (κ2) is 7.06. The molecular weight excluding hydrogens is 277 g/mol. The summed E-state index contributed by atoms with van der Waals surface area (Å²) in [5.41, 5.74) is -0.120. The van der Waals surface area contributed by atoms with Crippen LogP contribution in [0.2, 0.25) is 0 Å². The molecule has 0 aliphatic heterocycles. The number of nitrogens with one attached hydrogen (secondary N) is 1. The van der Waals surface area contributed by atoms with Gasteiger partial charge in [-0.15, -0.1) is 0 Å². The maximum Gasteiger partial charge on any atom is 0.412 e. The third kappa shape index (κ3) is 5.81. The van der Waals surface area contributed by atoms with Crippen molar-refractivity contribution >= 4 is 17.7 Å². The highest BCUT2D eigenvalue weighted by atomic mass is 19.1. The lowest BCUT2D eigenvalue weighted by molar-refractivity contribution is -0.140. The fraction of sp³-hybridized carbons (Fsp3) is 0.467. The van der Waals surface area contributed by atoms with Crippen molar-refractivity contribution in [1.29, 1.82) is 0 Å². The second-order valence-corrected chi connectivity index (χ2v) is 5.47. The van der Waals surface area contributed by atoms with Crippen LogP contribution < -0.4 is 5.32 Å². The van der Waals surface area contributed by atoms with Gasteiger partial charge in [-0.2, -0.15) is 0 Å². The summed E-state index contributed by atoms with van der Waals surface area (Å²) in [5, 5.41) is 2.50. The van der Waals surface area contributed by atoms with Crippen molar-refractivity contribution in [2.75, 3.05) is 12.4 Å². The molecule has 0 aliphatic carbocycles. The largest absolute Gasteiger partial charge is 0.469 e.